The van der Waals surface area contributed by atoms with Gasteiger partial charge in [0, 0.05) is 23.9 Å². The minimum absolute atomic E-state index is 0.0325. The van der Waals surface area contributed by atoms with E-state index in [0.717, 1.165) is 24.1 Å². The van der Waals surface area contributed by atoms with Crippen LogP contribution in [-0.2, 0) is 16.0 Å². The van der Waals surface area contributed by atoms with E-state index in [1.807, 2.05) is 50.2 Å². The Labute approximate surface area is 147 Å². The van der Waals surface area contributed by atoms with Crippen molar-refractivity contribution in [1.29, 1.82) is 0 Å². The SMILES string of the molecule is CC(C)C(=O)Nc1cc([C@H]2C[C@@H](NC(=O)Cc3ccccc3)C2)n[nH]1. The van der Waals surface area contributed by atoms with Crippen LogP contribution in [-0.4, -0.2) is 28.1 Å². The maximum atomic E-state index is 12.1. The summed E-state index contributed by atoms with van der Waals surface area (Å²) in [6.45, 7) is 3.70. The molecule has 6 heteroatoms. The highest BCUT2D eigenvalue weighted by Gasteiger charge is 2.33. The zero-order valence-corrected chi connectivity index (χ0v) is 14.6. The average Bonchev–Trinajstić information content (AvgIpc) is 2.99. The summed E-state index contributed by atoms with van der Waals surface area (Å²) >= 11 is 0. The molecule has 1 fully saturated rings. The molecule has 0 bridgehead atoms. The Morgan fingerprint density at radius 2 is 1.96 bits per heavy atom. The van der Waals surface area contributed by atoms with E-state index >= 15 is 0 Å². The van der Waals surface area contributed by atoms with Crippen LogP contribution in [0.25, 0.3) is 0 Å². The molecule has 0 aliphatic heterocycles. The third-order valence-corrected chi connectivity index (χ3v) is 4.51. The Hall–Kier alpha value is -2.63. The van der Waals surface area contributed by atoms with Crippen LogP contribution in [0, 0.1) is 5.92 Å². The Kier molecular flexibility index (Phi) is 5.16. The van der Waals surface area contributed by atoms with E-state index in [0.29, 0.717) is 18.2 Å². The molecule has 0 unspecified atom stereocenters. The number of hydrogen-bond donors (Lipinski definition) is 3. The van der Waals surface area contributed by atoms with Gasteiger partial charge in [-0.3, -0.25) is 14.7 Å². The molecule has 132 valence electrons. The fourth-order valence-corrected chi connectivity index (χ4v) is 2.92. The molecule has 25 heavy (non-hydrogen) atoms. The second-order valence-corrected chi connectivity index (χ2v) is 6.95. The average molecular weight is 340 g/mol. The summed E-state index contributed by atoms with van der Waals surface area (Å²) in [5, 5.41) is 13.0. The predicted molar refractivity (Wildman–Crippen MR) is 96.1 cm³/mol. The number of H-pyrrole nitrogens is 1. The summed E-state index contributed by atoms with van der Waals surface area (Å²) in [5.74, 6) is 0.907. The number of aromatic amines is 1. The van der Waals surface area contributed by atoms with Gasteiger partial charge in [-0.2, -0.15) is 5.10 Å². The first-order valence-electron chi connectivity index (χ1n) is 8.70. The summed E-state index contributed by atoms with van der Waals surface area (Å²) in [6.07, 6.45) is 2.17. The second-order valence-electron chi connectivity index (χ2n) is 6.95. The summed E-state index contributed by atoms with van der Waals surface area (Å²) in [7, 11) is 0. The highest BCUT2D eigenvalue weighted by molar-refractivity contribution is 5.91. The number of hydrogen-bond acceptors (Lipinski definition) is 3. The lowest BCUT2D eigenvalue weighted by Gasteiger charge is -2.34. The van der Waals surface area contributed by atoms with E-state index in [9.17, 15) is 9.59 Å². The topological polar surface area (TPSA) is 86.9 Å². The first-order valence-corrected chi connectivity index (χ1v) is 8.70. The lowest BCUT2D eigenvalue weighted by Crippen LogP contribution is -2.44. The van der Waals surface area contributed by atoms with E-state index in [-0.39, 0.29) is 23.8 Å². The molecule has 1 aliphatic rings. The highest BCUT2D eigenvalue weighted by atomic mass is 16.2. The summed E-state index contributed by atoms with van der Waals surface area (Å²) in [6, 6.07) is 11.8. The Morgan fingerprint density at radius 3 is 2.64 bits per heavy atom. The number of amides is 2. The molecule has 1 aliphatic carbocycles. The van der Waals surface area contributed by atoms with Crippen molar-refractivity contribution in [1.82, 2.24) is 15.5 Å². The van der Waals surface area contributed by atoms with Gasteiger partial charge in [-0.15, -0.1) is 0 Å². The minimum atomic E-state index is -0.0698. The molecule has 3 rings (SSSR count). The zero-order valence-electron chi connectivity index (χ0n) is 14.6. The molecule has 0 radical (unpaired) electrons. The van der Waals surface area contributed by atoms with Crippen molar-refractivity contribution in [2.24, 2.45) is 5.92 Å². The molecular formula is C19H24N4O2. The molecule has 2 amide bonds. The van der Waals surface area contributed by atoms with E-state index in [2.05, 4.69) is 20.8 Å². The molecule has 0 spiro atoms. The molecule has 2 aromatic rings. The standard InChI is InChI=1S/C19H24N4O2/c1-12(2)19(25)21-17-11-16(22-23-17)14-9-15(10-14)20-18(24)8-13-6-4-3-5-7-13/h3-7,11-12,14-15H,8-10H2,1-2H3,(H,20,24)(H2,21,22,23,25)/t14-,15+. The molecule has 0 saturated heterocycles. The van der Waals surface area contributed by atoms with Crippen LogP contribution >= 0.6 is 0 Å². The van der Waals surface area contributed by atoms with Crippen LogP contribution in [0.15, 0.2) is 36.4 Å². The summed E-state index contributed by atoms with van der Waals surface area (Å²) < 4.78 is 0. The molecule has 6 nitrogen and oxygen atoms in total. The maximum Gasteiger partial charge on any atom is 0.228 e. The van der Waals surface area contributed by atoms with Gasteiger partial charge >= 0.3 is 0 Å². The van der Waals surface area contributed by atoms with Crippen LogP contribution in [0.3, 0.4) is 0 Å². The van der Waals surface area contributed by atoms with Crippen molar-refractivity contribution in [2.75, 3.05) is 5.32 Å². The largest absolute Gasteiger partial charge is 0.353 e. The number of nitrogens with one attached hydrogen (secondary N) is 3. The zero-order chi connectivity index (χ0) is 17.8. The number of aromatic nitrogens is 2. The fraction of sp³-hybridized carbons (Fsp3) is 0.421. The minimum Gasteiger partial charge on any atom is -0.353 e. The van der Waals surface area contributed by atoms with Gasteiger partial charge in [0.25, 0.3) is 0 Å². The van der Waals surface area contributed by atoms with Gasteiger partial charge in [-0.25, -0.2) is 0 Å². The molecule has 1 saturated carbocycles. The van der Waals surface area contributed by atoms with Crippen LogP contribution in [0.2, 0.25) is 0 Å². The summed E-state index contributed by atoms with van der Waals surface area (Å²) in [4.78, 5) is 23.8. The fourth-order valence-electron chi connectivity index (χ4n) is 2.92. The predicted octanol–water partition coefficient (Wildman–Crippen LogP) is 2.61. The Bertz CT molecular complexity index is 733. The van der Waals surface area contributed by atoms with Crippen molar-refractivity contribution >= 4 is 17.6 Å². The smallest absolute Gasteiger partial charge is 0.228 e. The van der Waals surface area contributed by atoms with Crippen LogP contribution < -0.4 is 10.6 Å². The van der Waals surface area contributed by atoms with Gasteiger partial charge in [0.05, 0.1) is 12.1 Å². The van der Waals surface area contributed by atoms with Crippen LogP contribution in [0.4, 0.5) is 5.82 Å². The number of anilines is 1. The first kappa shape index (κ1) is 17.2. The van der Waals surface area contributed by atoms with Gasteiger partial charge in [0.15, 0.2) is 0 Å². The number of rotatable bonds is 6. The third-order valence-electron chi connectivity index (χ3n) is 4.51. The van der Waals surface area contributed by atoms with E-state index in [4.69, 9.17) is 0 Å². The molecule has 1 aromatic heterocycles. The number of benzene rings is 1. The molecule has 1 aromatic carbocycles. The van der Waals surface area contributed by atoms with E-state index < -0.39 is 0 Å². The van der Waals surface area contributed by atoms with E-state index in [1.54, 1.807) is 0 Å². The Balaban J connectivity index is 1.44. The maximum absolute atomic E-state index is 12.1. The van der Waals surface area contributed by atoms with Gasteiger partial charge < -0.3 is 10.6 Å². The molecule has 3 N–H and O–H groups in total. The first-order chi connectivity index (χ1) is 12.0. The molecule has 1 heterocycles. The van der Waals surface area contributed by atoms with Crippen molar-refractivity contribution in [3.05, 3.63) is 47.7 Å². The van der Waals surface area contributed by atoms with Crippen LogP contribution in [0.1, 0.15) is 43.9 Å². The van der Waals surface area contributed by atoms with Crippen LogP contribution in [0.5, 0.6) is 0 Å². The van der Waals surface area contributed by atoms with Gasteiger partial charge in [0.2, 0.25) is 11.8 Å². The van der Waals surface area contributed by atoms with E-state index in [1.165, 1.54) is 0 Å². The lowest BCUT2D eigenvalue weighted by molar-refractivity contribution is -0.122. The monoisotopic (exact) mass is 340 g/mol. The number of nitrogens with zero attached hydrogens (tertiary/aromatic N) is 1. The van der Waals surface area contributed by atoms with Crippen molar-refractivity contribution in [3.8, 4) is 0 Å². The third kappa shape index (κ3) is 4.47. The Morgan fingerprint density at radius 1 is 1.24 bits per heavy atom. The van der Waals surface area contributed by atoms with Gasteiger partial charge in [0.1, 0.15) is 5.82 Å². The second kappa shape index (κ2) is 7.51. The number of carbonyl (C=O) groups excluding carboxylic acids is 2. The highest BCUT2D eigenvalue weighted by Crippen LogP contribution is 2.36. The number of carbonyl (C=O) groups is 2. The molecular weight excluding hydrogens is 316 g/mol. The normalized spacial score (nSPS) is 19.3. The van der Waals surface area contributed by atoms with Gasteiger partial charge in [-0.05, 0) is 18.4 Å². The molecule has 0 atom stereocenters. The van der Waals surface area contributed by atoms with Gasteiger partial charge in [-0.1, -0.05) is 44.2 Å². The van der Waals surface area contributed by atoms with Crippen molar-refractivity contribution in [3.63, 3.8) is 0 Å². The quantitative estimate of drug-likeness (QED) is 0.755. The van der Waals surface area contributed by atoms with Crippen molar-refractivity contribution < 1.29 is 9.59 Å². The summed E-state index contributed by atoms with van der Waals surface area (Å²) in [5.41, 5.74) is 1.96. The lowest BCUT2D eigenvalue weighted by atomic mass is 9.78. The van der Waals surface area contributed by atoms with Crippen molar-refractivity contribution in [2.45, 2.75) is 45.1 Å².